The van der Waals surface area contributed by atoms with Gasteiger partial charge in [0.2, 0.25) is 0 Å². The molecule has 0 radical (unpaired) electrons. The molecule has 1 aromatic rings. The minimum absolute atomic E-state index is 0.196. The number of pyridine rings is 1. The molecule has 1 aromatic heterocycles. The van der Waals surface area contributed by atoms with Crippen molar-refractivity contribution in [3.05, 3.63) is 29.6 Å². The molecule has 1 amide bonds. The second kappa shape index (κ2) is 4.00. The van der Waals surface area contributed by atoms with E-state index in [0.29, 0.717) is 19.8 Å². The predicted octanol–water partition coefficient (Wildman–Crippen LogP) is 0.318. The quantitative estimate of drug-likeness (QED) is 0.700. The van der Waals surface area contributed by atoms with Crippen LogP contribution in [-0.4, -0.2) is 29.2 Å². The number of amides is 1. The van der Waals surface area contributed by atoms with Crippen LogP contribution in [-0.2, 0) is 11.3 Å². The van der Waals surface area contributed by atoms with Crippen LogP contribution in [0, 0.1) is 5.92 Å². The van der Waals surface area contributed by atoms with Gasteiger partial charge in [-0.1, -0.05) is 6.07 Å². The molecule has 2 atom stereocenters. The van der Waals surface area contributed by atoms with Crippen molar-refractivity contribution in [1.29, 1.82) is 0 Å². The van der Waals surface area contributed by atoms with Crippen LogP contribution < -0.4 is 5.11 Å². The third-order valence-corrected chi connectivity index (χ3v) is 3.53. The maximum absolute atomic E-state index is 11.2. The molecule has 0 spiro atoms. The van der Waals surface area contributed by atoms with Crippen molar-refractivity contribution in [3.63, 3.8) is 0 Å². The number of aromatic nitrogens is 1. The second-order valence-electron chi connectivity index (χ2n) is 4.51. The standard InChI is InChI=1S/C12H14N2O3/c15-12(16)14-6-8-2-1-4-13-10(8)11(14)9-3-5-17-7-9/h1-2,4,9,11H,3,5-7H2,(H,15,16)/p-1. The van der Waals surface area contributed by atoms with Crippen LogP contribution in [0.3, 0.4) is 0 Å². The average molecular weight is 233 g/mol. The molecule has 0 aliphatic carbocycles. The van der Waals surface area contributed by atoms with E-state index in [1.807, 2.05) is 12.1 Å². The van der Waals surface area contributed by atoms with Crippen molar-refractivity contribution in [2.45, 2.75) is 19.0 Å². The lowest BCUT2D eigenvalue weighted by Gasteiger charge is -2.30. The number of ether oxygens (including phenoxy) is 1. The van der Waals surface area contributed by atoms with E-state index in [0.717, 1.165) is 17.7 Å². The van der Waals surface area contributed by atoms with E-state index in [1.165, 1.54) is 4.90 Å². The van der Waals surface area contributed by atoms with Crippen LogP contribution in [0.2, 0.25) is 0 Å². The molecule has 2 aliphatic rings. The molecular weight excluding hydrogens is 220 g/mol. The lowest BCUT2D eigenvalue weighted by atomic mass is 9.96. The zero-order valence-electron chi connectivity index (χ0n) is 9.33. The van der Waals surface area contributed by atoms with Crippen LogP contribution in [0.15, 0.2) is 18.3 Å². The van der Waals surface area contributed by atoms with Gasteiger partial charge in [0.05, 0.1) is 18.3 Å². The molecule has 1 fully saturated rings. The Morgan fingerprint density at radius 3 is 3.18 bits per heavy atom. The normalized spacial score (nSPS) is 27.2. The summed E-state index contributed by atoms with van der Waals surface area (Å²) in [5.41, 5.74) is 1.85. The molecule has 2 aliphatic heterocycles. The summed E-state index contributed by atoms with van der Waals surface area (Å²) >= 11 is 0. The fourth-order valence-corrected chi connectivity index (χ4v) is 2.74. The highest BCUT2D eigenvalue weighted by molar-refractivity contribution is 5.65. The van der Waals surface area contributed by atoms with Crippen molar-refractivity contribution in [3.8, 4) is 0 Å². The van der Waals surface area contributed by atoms with Gasteiger partial charge in [-0.15, -0.1) is 0 Å². The van der Waals surface area contributed by atoms with E-state index in [-0.39, 0.29) is 12.0 Å². The summed E-state index contributed by atoms with van der Waals surface area (Å²) in [6.45, 7) is 1.68. The van der Waals surface area contributed by atoms with Crippen LogP contribution in [0.4, 0.5) is 4.79 Å². The second-order valence-corrected chi connectivity index (χ2v) is 4.51. The van der Waals surface area contributed by atoms with Crippen molar-refractivity contribution in [2.24, 2.45) is 5.92 Å². The molecule has 2 unspecified atom stereocenters. The molecule has 17 heavy (non-hydrogen) atoms. The number of carboxylic acid groups (broad SMARTS) is 1. The van der Waals surface area contributed by atoms with Crippen molar-refractivity contribution in [1.82, 2.24) is 9.88 Å². The lowest BCUT2D eigenvalue weighted by Crippen LogP contribution is -2.42. The third-order valence-electron chi connectivity index (χ3n) is 3.53. The van der Waals surface area contributed by atoms with E-state index in [4.69, 9.17) is 4.74 Å². The van der Waals surface area contributed by atoms with Crippen molar-refractivity contribution >= 4 is 6.09 Å². The predicted molar refractivity (Wildman–Crippen MR) is 56.8 cm³/mol. The maximum atomic E-state index is 11.2. The monoisotopic (exact) mass is 233 g/mol. The summed E-state index contributed by atoms with van der Waals surface area (Å²) in [6, 6.07) is 3.56. The molecule has 0 bridgehead atoms. The van der Waals surface area contributed by atoms with E-state index >= 15 is 0 Å². The summed E-state index contributed by atoms with van der Waals surface area (Å²) in [5.74, 6) is 0.198. The number of hydrogen-bond acceptors (Lipinski definition) is 4. The Bertz CT molecular complexity index is 443. The summed E-state index contributed by atoms with van der Waals surface area (Å²) in [4.78, 5) is 16.9. The summed E-state index contributed by atoms with van der Waals surface area (Å²) in [7, 11) is 0. The van der Waals surface area contributed by atoms with Crippen LogP contribution in [0.25, 0.3) is 0 Å². The third kappa shape index (κ3) is 1.67. The number of hydrogen-bond donors (Lipinski definition) is 0. The zero-order chi connectivity index (χ0) is 11.8. The number of nitrogens with zero attached hydrogens (tertiary/aromatic N) is 2. The molecule has 3 rings (SSSR count). The van der Waals surface area contributed by atoms with E-state index in [2.05, 4.69) is 4.98 Å². The molecule has 3 heterocycles. The number of carbonyl (C=O) groups excluding carboxylic acids is 1. The summed E-state index contributed by atoms with van der Waals surface area (Å²) < 4.78 is 5.34. The van der Waals surface area contributed by atoms with E-state index in [9.17, 15) is 9.90 Å². The molecule has 90 valence electrons. The van der Waals surface area contributed by atoms with Gasteiger partial charge in [-0.2, -0.15) is 0 Å². The highest BCUT2D eigenvalue weighted by Gasteiger charge is 2.38. The molecule has 0 N–H and O–H groups in total. The van der Waals surface area contributed by atoms with Gasteiger partial charge < -0.3 is 19.5 Å². The maximum Gasteiger partial charge on any atom is 0.137 e. The molecular formula is C12H13N2O3-. The first-order chi connectivity index (χ1) is 8.27. The van der Waals surface area contributed by atoms with Crippen molar-refractivity contribution < 1.29 is 14.6 Å². The Balaban J connectivity index is 1.98. The molecule has 5 heteroatoms. The van der Waals surface area contributed by atoms with Gasteiger partial charge in [-0.25, -0.2) is 0 Å². The van der Waals surface area contributed by atoms with Gasteiger partial charge in [-0.05, 0) is 18.1 Å². The van der Waals surface area contributed by atoms with Gasteiger partial charge in [0.15, 0.2) is 0 Å². The first-order valence-corrected chi connectivity index (χ1v) is 5.76. The van der Waals surface area contributed by atoms with E-state index < -0.39 is 6.09 Å². The number of rotatable bonds is 1. The first-order valence-electron chi connectivity index (χ1n) is 5.76. The topological polar surface area (TPSA) is 65.5 Å². The molecule has 1 saturated heterocycles. The van der Waals surface area contributed by atoms with Crippen molar-refractivity contribution in [2.75, 3.05) is 13.2 Å². The van der Waals surface area contributed by atoms with Gasteiger partial charge in [0, 0.05) is 25.3 Å². The van der Waals surface area contributed by atoms with Gasteiger partial charge >= 0.3 is 0 Å². The van der Waals surface area contributed by atoms with Gasteiger partial charge in [0.1, 0.15) is 6.09 Å². The Hall–Kier alpha value is -1.62. The smallest absolute Gasteiger partial charge is 0.137 e. The van der Waals surface area contributed by atoms with Gasteiger partial charge in [-0.3, -0.25) is 4.98 Å². The molecule has 5 nitrogen and oxygen atoms in total. The minimum atomic E-state index is -1.13. The lowest BCUT2D eigenvalue weighted by molar-refractivity contribution is -0.269. The first kappa shape index (κ1) is 10.5. The Labute approximate surface area is 99.0 Å². The van der Waals surface area contributed by atoms with Crippen LogP contribution >= 0.6 is 0 Å². The minimum Gasteiger partial charge on any atom is -0.530 e. The highest BCUT2D eigenvalue weighted by atomic mass is 16.5. The fourth-order valence-electron chi connectivity index (χ4n) is 2.74. The number of fused-ring (bicyclic) bond motifs is 1. The van der Waals surface area contributed by atoms with Crippen LogP contribution in [0.5, 0.6) is 0 Å². The molecule has 0 aromatic carbocycles. The Morgan fingerprint density at radius 2 is 2.47 bits per heavy atom. The average Bonchev–Trinajstić information content (AvgIpc) is 2.94. The summed E-state index contributed by atoms with van der Waals surface area (Å²) in [6.07, 6.45) is 1.46. The fraction of sp³-hybridized carbons (Fsp3) is 0.500. The van der Waals surface area contributed by atoms with E-state index in [1.54, 1.807) is 6.20 Å². The Morgan fingerprint density at radius 1 is 1.59 bits per heavy atom. The summed E-state index contributed by atoms with van der Waals surface area (Å²) in [5, 5.41) is 11.2. The molecule has 0 saturated carbocycles. The Kier molecular flexibility index (Phi) is 2.48. The van der Waals surface area contributed by atoms with Gasteiger partial charge in [0.25, 0.3) is 0 Å². The largest absolute Gasteiger partial charge is 0.530 e. The SMILES string of the molecule is O=C([O-])N1Cc2cccnc2C1C1CCOC1. The highest BCUT2D eigenvalue weighted by Crippen LogP contribution is 2.40. The number of carbonyl (C=O) groups is 1. The van der Waals surface area contributed by atoms with Crippen LogP contribution in [0.1, 0.15) is 23.7 Å². The zero-order valence-corrected chi connectivity index (χ0v) is 9.33.